The van der Waals surface area contributed by atoms with Crippen LogP contribution in [0.3, 0.4) is 0 Å². The molecule has 0 bridgehead atoms. The molecule has 0 saturated carbocycles. The van der Waals surface area contributed by atoms with Gasteiger partial charge in [-0.25, -0.2) is 0 Å². The molecular formula is C15H11BrCl2N2O3S. The second-order valence-corrected chi connectivity index (χ2v) is 6.70. The van der Waals surface area contributed by atoms with Gasteiger partial charge in [-0.3, -0.25) is 10.1 Å². The van der Waals surface area contributed by atoms with Gasteiger partial charge in [0.05, 0.1) is 23.4 Å². The molecule has 0 aliphatic heterocycles. The molecule has 0 aromatic heterocycles. The highest BCUT2D eigenvalue weighted by atomic mass is 79.9. The van der Waals surface area contributed by atoms with E-state index in [1.54, 1.807) is 18.2 Å². The molecule has 0 spiro atoms. The van der Waals surface area contributed by atoms with E-state index in [9.17, 15) is 9.90 Å². The highest BCUT2D eigenvalue weighted by Gasteiger charge is 2.15. The molecule has 5 nitrogen and oxygen atoms in total. The van der Waals surface area contributed by atoms with Crippen molar-refractivity contribution in [2.75, 3.05) is 12.4 Å². The number of halogens is 3. The van der Waals surface area contributed by atoms with E-state index in [2.05, 4.69) is 26.6 Å². The molecule has 3 N–H and O–H groups in total. The van der Waals surface area contributed by atoms with Crippen LogP contribution in [0.2, 0.25) is 10.0 Å². The van der Waals surface area contributed by atoms with Gasteiger partial charge >= 0.3 is 0 Å². The summed E-state index contributed by atoms with van der Waals surface area (Å²) in [4.78, 5) is 12.3. The summed E-state index contributed by atoms with van der Waals surface area (Å²) in [5, 5.41) is 15.4. The lowest BCUT2D eigenvalue weighted by Crippen LogP contribution is -2.34. The number of carbonyl (C=O) groups is 1. The molecule has 126 valence electrons. The molecule has 2 aromatic rings. The van der Waals surface area contributed by atoms with Gasteiger partial charge in [-0.15, -0.1) is 0 Å². The van der Waals surface area contributed by atoms with E-state index >= 15 is 0 Å². The van der Waals surface area contributed by atoms with E-state index in [-0.39, 0.29) is 21.6 Å². The molecule has 0 fully saturated rings. The van der Waals surface area contributed by atoms with Crippen LogP contribution in [0.25, 0.3) is 0 Å². The van der Waals surface area contributed by atoms with Crippen LogP contribution in [0.4, 0.5) is 5.69 Å². The Balaban J connectivity index is 2.16. The molecule has 1 amide bonds. The van der Waals surface area contributed by atoms with Crippen molar-refractivity contribution in [1.29, 1.82) is 0 Å². The number of benzene rings is 2. The van der Waals surface area contributed by atoms with E-state index in [0.717, 1.165) is 0 Å². The Hall–Kier alpha value is -1.54. The second kappa shape index (κ2) is 8.02. The summed E-state index contributed by atoms with van der Waals surface area (Å²) in [6.45, 7) is 0. The number of amides is 1. The maximum absolute atomic E-state index is 12.3. The van der Waals surface area contributed by atoms with Gasteiger partial charge in [0.15, 0.2) is 10.9 Å². The van der Waals surface area contributed by atoms with Crippen molar-refractivity contribution in [1.82, 2.24) is 5.32 Å². The Morgan fingerprint density at radius 1 is 1.29 bits per heavy atom. The number of carbonyl (C=O) groups excluding carboxylic acids is 1. The quantitative estimate of drug-likeness (QED) is 0.472. The number of anilines is 1. The Kier molecular flexibility index (Phi) is 6.28. The third-order valence-electron chi connectivity index (χ3n) is 2.91. The van der Waals surface area contributed by atoms with Gasteiger partial charge in [-0.2, -0.15) is 0 Å². The fourth-order valence-corrected chi connectivity index (χ4v) is 2.90. The zero-order valence-electron chi connectivity index (χ0n) is 12.2. The minimum atomic E-state index is -0.474. The molecule has 0 saturated heterocycles. The maximum atomic E-state index is 12.3. The molecule has 2 aromatic carbocycles. The van der Waals surface area contributed by atoms with E-state index in [4.69, 9.17) is 40.2 Å². The minimum absolute atomic E-state index is 0.0318. The van der Waals surface area contributed by atoms with Gasteiger partial charge in [0.1, 0.15) is 5.75 Å². The number of hydrogen-bond acceptors (Lipinski definition) is 4. The van der Waals surface area contributed by atoms with Gasteiger partial charge in [0.2, 0.25) is 0 Å². The minimum Gasteiger partial charge on any atom is -0.504 e. The predicted molar refractivity (Wildman–Crippen MR) is 103 cm³/mol. The number of nitrogens with one attached hydrogen (secondary N) is 2. The first-order valence-corrected chi connectivity index (χ1v) is 8.41. The monoisotopic (exact) mass is 448 g/mol. The first-order valence-electron chi connectivity index (χ1n) is 6.45. The van der Waals surface area contributed by atoms with Crippen molar-refractivity contribution < 1.29 is 14.6 Å². The molecule has 0 unspecified atom stereocenters. The molecular weight excluding hydrogens is 439 g/mol. The topological polar surface area (TPSA) is 70.6 Å². The average molecular weight is 450 g/mol. The number of phenols is 1. The number of aromatic hydroxyl groups is 1. The van der Waals surface area contributed by atoms with Gasteiger partial charge in [-0.1, -0.05) is 39.1 Å². The Morgan fingerprint density at radius 2 is 2.00 bits per heavy atom. The molecule has 9 heteroatoms. The molecule has 2 rings (SSSR count). The van der Waals surface area contributed by atoms with Crippen molar-refractivity contribution in [2.45, 2.75) is 0 Å². The van der Waals surface area contributed by atoms with Crippen LogP contribution >= 0.6 is 51.3 Å². The third-order valence-corrected chi connectivity index (χ3v) is 4.11. The fraction of sp³-hybridized carbons (Fsp3) is 0.0667. The van der Waals surface area contributed by atoms with Gasteiger partial charge < -0.3 is 15.2 Å². The van der Waals surface area contributed by atoms with Crippen LogP contribution in [-0.2, 0) is 0 Å². The Morgan fingerprint density at radius 3 is 2.67 bits per heavy atom. The zero-order valence-corrected chi connectivity index (χ0v) is 16.1. The highest BCUT2D eigenvalue weighted by molar-refractivity contribution is 9.10. The van der Waals surface area contributed by atoms with Crippen LogP contribution in [0.1, 0.15) is 10.4 Å². The van der Waals surface area contributed by atoms with E-state index in [1.165, 1.54) is 19.2 Å². The largest absolute Gasteiger partial charge is 0.504 e. The van der Waals surface area contributed by atoms with Crippen LogP contribution in [0, 0.1) is 0 Å². The van der Waals surface area contributed by atoms with Crippen molar-refractivity contribution in [3.05, 3.63) is 50.4 Å². The summed E-state index contributed by atoms with van der Waals surface area (Å²) in [5.74, 6) is -0.303. The zero-order chi connectivity index (χ0) is 17.9. The summed E-state index contributed by atoms with van der Waals surface area (Å²) in [6, 6.07) is 7.82. The third kappa shape index (κ3) is 4.51. The first-order chi connectivity index (χ1) is 11.3. The lowest BCUT2D eigenvalue weighted by molar-refractivity contribution is 0.0974. The molecule has 0 radical (unpaired) electrons. The SMILES string of the molecule is COc1ccc(Br)cc1C(=O)NC(=S)Nc1cc(Cl)cc(Cl)c1O. The van der Waals surface area contributed by atoms with E-state index in [0.29, 0.717) is 20.8 Å². The average Bonchev–Trinajstić information content (AvgIpc) is 2.51. The van der Waals surface area contributed by atoms with Crippen molar-refractivity contribution >= 4 is 68.1 Å². The standard InChI is InChI=1S/C15H11BrCl2N2O3S/c1-23-12-3-2-7(16)4-9(12)14(22)20-15(24)19-11-6-8(17)5-10(18)13(11)21/h2-6,21H,1H3,(H2,19,20,22,24). The molecule has 0 aliphatic carbocycles. The van der Waals surface area contributed by atoms with E-state index in [1.807, 2.05) is 0 Å². The van der Waals surface area contributed by atoms with Crippen LogP contribution in [-0.4, -0.2) is 23.2 Å². The number of methoxy groups -OCH3 is 1. The smallest absolute Gasteiger partial charge is 0.261 e. The highest BCUT2D eigenvalue weighted by Crippen LogP contribution is 2.35. The number of ether oxygens (including phenoxy) is 1. The second-order valence-electron chi connectivity index (χ2n) is 4.54. The van der Waals surface area contributed by atoms with Gasteiger partial charge in [0.25, 0.3) is 5.91 Å². The summed E-state index contributed by atoms with van der Waals surface area (Å²) >= 11 is 20.1. The molecule has 0 heterocycles. The Bertz CT molecular complexity index is 818. The molecule has 24 heavy (non-hydrogen) atoms. The van der Waals surface area contributed by atoms with Crippen LogP contribution < -0.4 is 15.4 Å². The first kappa shape index (κ1) is 18.8. The van der Waals surface area contributed by atoms with Crippen LogP contribution in [0.5, 0.6) is 11.5 Å². The summed E-state index contributed by atoms with van der Waals surface area (Å²) in [7, 11) is 1.46. The van der Waals surface area contributed by atoms with Gasteiger partial charge in [0, 0.05) is 9.50 Å². The summed E-state index contributed by atoms with van der Waals surface area (Å²) in [6.07, 6.45) is 0. The number of thiocarbonyl (C=S) groups is 1. The van der Waals surface area contributed by atoms with Gasteiger partial charge in [-0.05, 0) is 42.5 Å². The summed E-state index contributed by atoms with van der Waals surface area (Å²) < 4.78 is 5.87. The van der Waals surface area contributed by atoms with Crippen molar-refractivity contribution in [3.63, 3.8) is 0 Å². The van der Waals surface area contributed by atoms with Crippen LogP contribution in [0.15, 0.2) is 34.8 Å². The maximum Gasteiger partial charge on any atom is 0.261 e. The fourth-order valence-electron chi connectivity index (χ4n) is 1.84. The number of rotatable bonds is 3. The van der Waals surface area contributed by atoms with Crippen molar-refractivity contribution in [3.8, 4) is 11.5 Å². The predicted octanol–water partition coefficient (Wildman–Crippen LogP) is 4.60. The molecule has 0 aliphatic rings. The summed E-state index contributed by atoms with van der Waals surface area (Å²) in [5.41, 5.74) is 0.475. The lowest BCUT2D eigenvalue weighted by atomic mass is 10.2. The number of phenolic OH excluding ortho intramolecular Hbond substituents is 1. The van der Waals surface area contributed by atoms with E-state index < -0.39 is 5.91 Å². The van der Waals surface area contributed by atoms with Crippen molar-refractivity contribution in [2.24, 2.45) is 0 Å². The number of hydrogen-bond donors (Lipinski definition) is 3. The normalized spacial score (nSPS) is 10.2. The lowest BCUT2D eigenvalue weighted by Gasteiger charge is -2.13. The Labute approximate surface area is 162 Å². The molecule has 0 atom stereocenters.